The zero-order chi connectivity index (χ0) is 9.97. The molecule has 3 atom stereocenters. The van der Waals surface area contributed by atoms with Crippen LogP contribution in [-0.4, -0.2) is 17.3 Å². The van der Waals surface area contributed by atoms with Crippen LogP contribution < -0.4 is 5.32 Å². The van der Waals surface area contributed by atoms with E-state index in [2.05, 4.69) is 24.4 Å². The molecule has 0 spiro atoms. The van der Waals surface area contributed by atoms with E-state index in [1.807, 2.05) is 18.2 Å². The van der Waals surface area contributed by atoms with Gasteiger partial charge in [0.2, 0.25) is 0 Å². The highest BCUT2D eigenvalue weighted by Gasteiger charge is 2.29. The van der Waals surface area contributed by atoms with Gasteiger partial charge in [-0.15, -0.1) is 0 Å². The van der Waals surface area contributed by atoms with Crippen molar-refractivity contribution in [2.45, 2.75) is 38.0 Å². The Morgan fingerprint density at radius 3 is 2.50 bits per heavy atom. The number of rotatable bonds is 3. The van der Waals surface area contributed by atoms with Crippen LogP contribution in [0.25, 0.3) is 0 Å². The second-order valence-corrected chi connectivity index (χ2v) is 4.05. The molecule has 1 aromatic rings. The van der Waals surface area contributed by atoms with Gasteiger partial charge < -0.3 is 10.4 Å². The van der Waals surface area contributed by atoms with Crippen LogP contribution in [0.5, 0.6) is 0 Å². The Bertz CT molecular complexity index is 286. The molecule has 1 fully saturated rings. The molecule has 0 saturated heterocycles. The molecule has 14 heavy (non-hydrogen) atoms. The maximum Gasteiger partial charge on any atom is 0.0694 e. The summed E-state index contributed by atoms with van der Waals surface area (Å²) in [6, 6.07) is 11.0. The molecule has 1 aromatic carbocycles. The SMILES string of the molecule is CC(N[C@@H]1CC[C@H]1O)c1ccccc1. The van der Waals surface area contributed by atoms with E-state index in [9.17, 15) is 5.11 Å². The van der Waals surface area contributed by atoms with Gasteiger partial charge in [0.05, 0.1) is 6.10 Å². The molecule has 1 saturated carbocycles. The molecule has 0 heterocycles. The van der Waals surface area contributed by atoms with Crippen LogP contribution in [0.2, 0.25) is 0 Å². The van der Waals surface area contributed by atoms with Crippen LogP contribution in [0.15, 0.2) is 30.3 Å². The van der Waals surface area contributed by atoms with Crippen LogP contribution in [0.3, 0.4) is 0 Å². The minimum atomic E-state index is -0.138. The summed E-state index contributed by atoms with van der Waals surface area (Å²) in [7, 11) is 0. The third-order valence-corrected chi connectivity index (χ3v) is 3.00. The summed E-state index contributed by atoms with van der Waals surface area (Å²) in [5.74, 6) is 0. The first-order chi connectivity index (χ1) is 6.77. The average molecular weight is 191 g/mol. The highest BCUT2D eigenvalue weighted by molar-refractivity contribution is 5.18. The van der Waals surface area contributed by atoms with E-state index in [1.54, 1.807) is 0 Å². The lowest BCUT2D eigenvalue weighted by atomic mass is 9.88. The van der Waals surface area contributed by atoms with Crippen molar-refractivity contribution in [1.82, 2.24) is 5.32 Å². The molecule has 0 bridgehead atoms. The van der Waals surface area contributed by atoms with Gasteiger partial charge in [0, 0.05) is 12.1 Å². The fraction of sp³-hybridized carbons (Fsp3) is 0.500. The average Bonchev–Trinajstić information content (AvgIpc) is 2.24. The summed E-state index contributed by atoms with van der Waals surface area (Å²) in [5.41, 5.74) is 1.28. The Labute approximate surface area is 85.0 Å². The molecule has 0 radical (unpaired) electrons. The van der Waals surface area contributed by atoms with Gasteiger partial charge in [-0.2, -0.15) is 0 Å². The van der Waals surface area contributed by atoms with Crippen molar-refractivity contribution in [2.75, 3.05) is 0 Å². The molecule has 2 N–H and O–H groups in total. The Morgan fingerprint density at radius 1 is 1.29 bits per heavy atom. The number of hydrogen-bond acceptors (Lipinski definition) is 2. The van der Waals surface area contributed by atoms with Crippen LogP contribution in [0.1, 0.15) is 31.4 Å². The lowest BCUT2D eigenvalue weighted by Gasteiger charge is -2.35. The number of benzene rings is 1. The van der Waals surface area contributed by atoms with Gasteiger partial charge in [0.15, 0.2) is 0 Å². The Balaban J connectivity index is 1.92. The maximum absolute atomic E-state index is 9.44. The van der Waals surface area contributed by atoms with Crippen molar-refractivity contribution in [1.29, 1.82) is 0 Å². The van der Waals surface area contributed by atoms with Gasteiger partial charge in [0.25, 0.3) is 0 Å². The smallest absolute Gasteiger partial charge is 0.0694 e. The molecule has 2 heteroatoms. The molecule has 0 amide bonds. The lowest BCUT2D eigenvalue weighted by molar-refractivity contribution is 0.0449. The summed E-state index contributed by atoms with van der Waals surface area (Å²) >= 11 is 0. The fourth-order valence-electron chi connectivity index (χ4n) is 1.84. The molecule has 0 aromatic heterocycles. The number of nitrogens with one attached hydrogen (secondary N) is 1. The minimum Gasteiger partial charge on any atom is -0.392 e. The quantitative estimate of drug-likeness (QED) is 0.764. The minimum absolute atomic E-state index is 0.138. The Hall–Kier alpha value is -0.860. The van der Waals surface area contributed by atoms with Crippen molar-refractivity contribution < 1.29 is 5.11 Å². The summed E-state index contributed by atoms with van der Waals surface area (Å²) < 4.78 is 0. The summed E-state index contributed by atoms with van der Waals surface area (Å²) in [5, 5.41) is 12.9. The van der Waals surface area contributed by atoms with E-state index in [0.717, 1.165) is 12.8 Å². The highest BCUT2D eigenvalue weighted by Crippen LogP contribution is 2.23. The van der Waals surface area contributed by atoms with E-state index < -0.39 is 0 Å². The molecule has 1 aliphatic carbocycles. The third-order valence-electron chi connectivity index (χ3n) is 3.00. The normalized spacial score (nSPS) is 28.1. The molecule has 0 aliphatic heterocycles. The van der Waals surface area contributed by atoms with Gasteiger partial charge in [-0.05, 0) is 25.3 Å². The first-order valence-electron chi connectivity index (χ1n) is 5.26. The Kier molecular flexibility index (Phi) is 2.85. The number of aliphatic hydroxyl groups excluding tert-OH is 1. The largest absolute Gasteiger partial charge is 0.392 e. The van der Waals surface area contributed by atoms with Crippen molar-refractivity contribution in [3.63, 3.8) is 0 Å². The fourth-order valence-corrected chi connectivity index (χ4v) is 1.84. The van der Waals surface area contributed by atoms with Gasteiger partial charge in [-0.25, -0.2) is 0 Å². The second kappa shape index (κ2) is 4.11. The number of aliphatic hydroxyl groups is 1. The van der Waals surface area contributed by atoms with Crippen LogP contribution >= 0.6 is 0 Å². The first kappa shape index (κ1) is 9.69. The van der Waals surface area contributed by atoms with Crippen molar-refractivity contribution in [2.24, 2.45) is 0 Å². The maximum atomic E-state index is 9.44. The van der Waals surface area contributed by atoms with Gasteiger partial charge in [-0.3, -0.25) is 0 Å². The van der Waals surface area contributed by atoms with E-state index in [4.69, 9.17) is 0 Å². The first-order valence-corrected chi connectivity index (χ1v) is 5.26. The van der Waals surface area contributed by atoms with Gasteiger partial charge >= 0.3 is 0 Å². The van der Waals surface area contributed by atoms with E-state index in [-0.39, 0.29) is 6.10 Å². The zero-order valence-electron chi connectivity index (χ0n) is 8.48. The standard InChI is InChI=1S/C12H17NO/c1-9(10-5-3-2-4-6-10)13-11-7-8-12(11)14/h2-6,9,11-14H,7-8H2,1H3/t9?,11-,12-/m1/s1. The topological polar surface area (TPSA) is 32.3 Å². The Morgan fingerprint density at radius 2 is 2.00 bits per heavy atom. The van der Waals surface area contributed by atoms with Crippen LogP contribution in [-0.2, 0) is 0 Å². The predicted octanol–water partition coefficient (Wildman–Crippen LogP) is 1.86. The lowest BCUT2D eigenvalue weighted by Crippen LogP contribution is -2.48. The molecule has 1 aliphatic rings. The molecular weight excluding hydrogens is 174 g/mol. The van der Waals surface area contributed by atoms with Crippen LogP contribution in [0, 0.1) is 0 Å². The molecule has 2 rings (SSSR count). The molecular formula is C12H17NO. The molecule has 76 valence electrons. The highest BCUT2D eigenvalue weighted by atomic mass is 16.3. The summed E-state index contributed by atoms with van der Waals surface area (Å²) in [6.07, 6.45) is 1.90. The predicted molar refractivity (Wildman–Crippen MR) is 57.0 cm³/mol. The molecule has 2 nitrogen and oxygen atoms in total. The van der Waals surface area contributed by atoms with E-state index in [0.29, 0.717) is 12.1 Å². The monoisotopic (exact) mass is 191 g/mol. The van der Waals surface area contributed by atoms with Crippen LogP contribution in [0.4, 0.5) is 0 Å². The summed E-state index contributed by atoms with van der Waals surface area (Å²) in [4.78, 5) is 0. The van der Waals surface area contributed by atoms with E-state index in [1.165, 1.54) is 5.56 Å². The molecule has 1 unspecified atom stereocenters. The third kappa shape index (κ3) is 1.97. The number of hydrogen-bond donors (Lipinski definition) is 2. The van der Waals surface area contributed by atoms with E-state index >= 15 is 0 Å². The van der Waals surface area contributed by atoms with Crippen molar-refractivity contribution >= 4 is 0 Å². The van der Waals surface area contributed by atoms with Gasteiger partial charge in [-0.1, -0.05) is 30.3 Å². The van der Waals surface area contributed by atoms with Crippen molar-refractivity contribution in [3.05, 3.63) is 35.9 Å². The summed E-state index contributed by atoms with van der Waals surface area (Å²) in [6.45, 7) is 2.14. The van der Waals surface area contributed by atoms with Gasteiger partial charge in [0.1, 0.15) is 0 Å². The zero-order valence-corrected chi connectivity index (χ0v) is 8.48. The second-order valence-electron chi connectivity index (χ2n) is 4.05. The van der Waals surface area contributed by atoms with Crippen molar-refractivity contribution in [3.8, 4) is 0 Å².